The summed E-state index contributed by atoms with van der Waals surface area (Å²) in [7, 11) is 0. The number of hydrogen-bond donors (Lipinski definition) is 2. The van der Waals surface area contributed by atoms with E-state index in [0.29, 0.717) is 19.3 Å². The summed E-state index contributed by atoms with van der Waals surface area (Å²) in [5.41, 5.74) is -2.53. The second-order valence-electron chi connectivity index (χ2n) is 13.2. The summed E-state index contributed by atoms with van der Waals surface area (Å²) >= 11 is 0. The summed E-state index contributed by atoms with van der Waals surface area (Å²) in [6, 6.07) is 1.82. The normalized spacial score (nSPS) is 52.7. The number of aliphatic hydroxyl groups is 2. The van der Waals surface area contributed by atoms with Crippen LogP contribution in [0.1, 0.15) is 78.9 Å². The molecule has 5 aliphatic rings. The Morgan fingerprint density at radius 2 is 1.78 bits per heavy atom. The lowest BCUT2D eigenvalue weighted by Gasteiger charge is -2.71. The number of hydrogen-bond acceptors (Lipinski definition) is 8. The molecule has 8 heteroatoms. The van der Waals surface area contributed by atoms with Crippen LogP contribution < -0.4 is 0 Å². The lowest BCUT2D eigenvalue weighted by atomic mass is 9.34. The van der Waals surface area contributed by atoms with Crippen LogP contribution in [0.5, 0.6) is 0 Å². The van der Waals surface area contributed by atoms with E-state index in [2.05, 4.69) is 34.6 Å². The van der Waals surface area contributed by atoms with Crippen LogP contribution in [0.4, 0.5) is 0 Å². The van der Waals surface area contributed by atoms with Gasteiger partial charge in [-0.25, -0.2) is 4.79 Å². The SMILES string of the molecule is CC(=O)O[C@@H]1CC2C(C)(C)[C@H](O)CC(O)[C@]2(C)C2CCC3(C)C(c4ccoc4)OC(=O)[C@H]4O[C@]43[C@@]21C. The lowest BCUT2D eigenvalue weighted by molar-refractivity contribution is -0.295. The van der Waals surface area contributed by atoms with Gasteiger partial charge in [-0.1, -0.05) is 34.6 Å². The fourth-order valence-electron chi connectivity index (χ4n) is 9.83. The number of cyclic esters (lactones) is 1. The quantitative estimate of drug-likeness (QED) is 0.466. The number of carbonyl (C=O) groups excluding carboxylic acids is 2. The predicted molar refractivity (Wildman–Crippen MR) is 126 cm³/mol. The summed E-state index contributed by atoms with van der Waals surface area (Å²) < 4.78 is 24.0. The molecule has 0 bridgehead atoms. The largest absolute Gasteiger partial charge is 0.472 e. The minimum atomic E-state index is -0.922. The molecule has 6 rings (SSSR count). The van der Waals surface area contributed by atoms with Crippen LogP contribution >= 0.6 is 0 Å². The van der Waals surface area contributed by atoms with Crippen LogP contribution in [0, 0.1) is 33.5 Å². The van der Waals surface area contributed by atoms with Gasteiger partial charge < -0.3 is 28.8 Å². The Balaban J connectivity index is 1.55. The highest BCUT2D eigenvalue weighted by molar-refractivity contribution is 5.82. The van der Waals surface area contributed by atoms with Crippen molar-refractivity contribution in [3.8, 4) is 0 Å². The van der Waals surface area contributed by atoms with Crippen LogP contribution in [0.25, 0.3) is 0 Å². The van der Waals surface area contributed by atoms with E-state index < -0.39 is 63.8 Å². The summed E-state index contributed by atoms with van der Waals surface area (Å²) in [6.45, 7) is 11.9. The van der Waals surface area contributed by atoms with Crippen LogP contribution in [0.2, 0.25) is 0 Å². The third-order valence-corrected chi connectivity index (χ3v) is 11.7. The van der Waals surface area contributed by atoms with Crippen molar-refractivity contribution in [2.24, 2.45) is 33.5 Å². The van der Waals surface area contributed by atoms with Crippen molar-refractivity contribution in [1.82, 2.24) is 0 Å². The van der Waals surface area contributed by atoms with Gasteiger partial charge in [-0.3, -0.25) is 4.79 Å². The van der Waals surface area contributed by atoms with E-state index in [4.69, 9.17) is 18.6 Å². The first-order chi connectivity index (χ1) is 16.8. The zero-order valence-corrected chi connectivity index (χ0v) is 21.9. The molecular formula is C28H38O8. The van der Waals surface area contributed by atoms with Gasteiger partial charge in [-0.15, -0.1) is 0 Å². The molecule has 5 fully saturated rings. The van der Waals surface area contributed by atoms with Crippen LogP contribution in [0.3, 0.4) is 0 Å². The molecule has 2 saturated heterocycles. The number of furan rings is 1. The molecule has 198 valence electrons. The summed E-state index contributed by atoms with van der Waals surface area (Å²) in [5.74, 6) is -0.994. The van der Waals surface area contributed by atoms with Gasteiger partial charge >= 0.3 is 11.9 Å². The molecule has 3 saturated carbocycles. The molecule has 1 aromatic rings. The van der Waals surface area contributed by atoms with E-state index in [1.54, 1.807) is 12.5 Å². The molecule has 3 aliphatic carbocycles. The Bertz CT molecular complexity index is 1100. The van der Waals surface area contributed by atoms with Gasteiger partial charge in [0.2, 0.25) is 0 Å². The third-order valence-electron chi connectivity index (χ3n) is 11.7. The molecular weight excluding hydrogens is 464 g/mol. The Labute approximate surface area is 211 Å². The van der Waals surface area contributed by atoms with Crippen molar-refractivity contribution in [1.29, 1.82) is 0 Å². The molecule has 0 radical (unpaired) electrons. The average molecular weight is 503 g/mol. The summed E-state index contributed by atoms with van der Waals surface area (Å²) in [5, 5.41) is 22.6. The third kappa shape index (κ3) is 2.56. The van der Waals surface area contributed by atoms with Gasteiger partial charge in [-0.2, -0.15) is 0 Å². The van der Waals surface area contributed by atoms with Gasteiger partial charge in [0.25, 0.3) is 0 Å². The smallest absolute Gasteiger partial charge is 0.339 e. The molecule has 2 N–H and O–H groups in total. The van der Waals surface area contributed by atoms with E-state index in [0.717, 1.165) is 12.0 Å². The van der Waals surface area contributed by atoms with Gasteiger partial charge in [-0.05, 0) is 42.6 Å². The fraction of sp³-hybridized carbons (Fsp3) is 0.786. The highest BCUT2D eigenvalue weighted by Crippen LogP contribution is 2.80. The van der Waals surface area contributed by atoms with Crippen LogP contribution in [-0.2, 0) is 23.8 Å². The van der Waals surface area contributed by atoms with Gasteiger partial charge in [0, 0.05) is 35.2 Å². The number of epoxide rings is 1. The number of fused-ring (bicyclic) bond motifs is 3. The number of aliphatic hydroxyl groups excluding tert-OH is 2. The topological polar surface area (TPSA) is 119 Å². The average Bonchev–Trinajstić information content (AvgIpc) is 3.36. The van der Waals surface area contributed by atoms with Gasteiger partial charge in [0.1, 0.15) is 17.8 Å². The summed E-state index contributed by atoms with van der Waals surface area (Å²) in [4.78, 5) is 25.7. The van der Waals surface area contributed by atoms with Crippen molar-refractivity contribution < 1.29 is 38.4 Å². The number of carbonyl (C=O) groups is 2. The van der Waals surface area contributed by atoms with E-state index in [-0.39, 0.29) is 17.8 Å². The first-order valence-corrected chi connectivity index (χ1v) is 13.2. The Morgan fingerprint density at radius 3 is 2.42 bits per heavy atom. The first kappa shape index (κ1) is 24.4. The first-order valence-electron chi connectivity index (χ1n) is 13.2. The van der Waals surface area contributed by atoms with E-state index >= 15 is 0 Å². The molecule has 3 heterocycles. The monoisotopic (exact) mass is 502 g/mol. The minimum Gasteiger partial charge on any atom is -0.472 e. The van der Waals surface area contributed by atoms with Crippen molar-refractivity contribution >= 4 is 11.9 Å². The molecule has 2 aliphatic heterocycles. The Morgan fingerprint density at radius 1 is 1.06 bits per heavy atom. The van der Waals surface area contributed by atoms with E-state index in [1.165, 1.54) is 6.92 Å². The molecule has 11 atom stereocenters. The maximum Gasteiger partial charge on any atom is 0.339 e. The standard InChI is InChI=1S/C28H38O8/c1-14(29)34-20-11-17-24(2,3)18(30)12-19(31)26(17,5)16-7-9-25(4)21(15-8-10-33-13-15)35-23(32)22-28(25,36-22)27(16,20)6/h8,10,13,16-22,30-31H,7,9,11-12H2,1-6H3/t16?,17?,18-,19?,20-,21?,22-,25?,26-,27+,28-/m1/s1. The lowest BCUT2D eigenvalue weighted by Crippen LogP contribution is -2.75. The number of rotatable bonds is 2. The summed E-state index contributed by atoms with van der Waals surface area (Å²) in [6.07, 6.45) is 2.15. The maximum absolute atomic E-state index is 13.3. The molecule has 0 amide bonds. The molecule has 0 aromatic carbocycles. The van der Waals surface area contributed by atoms with Crippen LogP contribution in [-0.4, -0.2) is 52.2 Å². The number of esters is 2. The Kier molecular flexibility index (Phi) is 4.85. The second-order valence-corrected chi connectivity index (χ2v) is 13.2. The van der Waals surface area contributed by atoms with E-state index in [1.807, 2.05) is 6.07 Å². The van der Waals surface area contributed by atoms with Crippen molar-refractivity contribution in [2.45, 2.75) is 103 Å². The molecule has 1 spiro atoms. The molecule has 5 unspecified atom stereocenters. The molecule has 8 nitrogen and oxygen atoms in total. The van der Waals surface area contributed by atoms with Crippen molar-refractivity contribution in [3.05, 3.63) is 24.2 Å². The van der Waals surface area contributed by atoms with Gasteiger partial charge in [0.15, 0.2) is 6.10 Å². The predicted octanol–water partition coefficient (Wildman–Crippen LogP) is 3.55. The van der Waals surface area contributed by atoms with Crippen molar-refractivity contribution in [2.75, 3.05) is 0 Å². The zero-order chi connectivity index (χ0) is 26.1. The molecule has 1 aromatic heterocycles. The fourth-order valence-corrected chi connectivity index (χ4v) is 9.83. The van der Waals surface area contributed by atoms with Gasteiger partial charge in [0.05, 0.1) is 24.7 Å². The number of ether oxygens (including phenoxy) is 3. The van der Waals surface area contributed by atoms with E-state index in [9.17, 15) is 19.8 Å². The maximum atomic E-state index is 13.3. The Hall–Kier alpha value is -1.90. The highest BCUT2D eigenvalue weighted by atomic mass is 16.7. The molecule has 36 heavy (non-hydrogen) atoms. The minimum absolute atomic E-state index is 0.0932. The highest BCUT2D eigenvalue weighted by Gasteiger charge is 2.89. The second kappa shape index (κ2) is 7.14. The van der Waals surface area contributed by atoms with Crippen LogP contribution in [0.15, 0.2) is 23.0 Å². The zero-order valence-electron chi connectivity index (χ0n) is 21.9. The van der Waals surface area contributed by atoms with Crippen molar-refractivity contribution in [3.63, 3.8) is 0 Å².